The molecule has 0 aliphatic heterocycles. The summed E-state index contributed by atoms with van der Waals surface area (Å²) < 4.78 is 8.96. The van der Waals surface area contributed by atoms with Gasteiger partial charge in [-0.3, -0.25) is 0 Å². The molecule has 2 rings (SSSR count). The van der Waals surface area contributed by atoms with Gasteiger partial charge >= 0.3 is 0 Å². The smallest absolute Gasteiger partial charge is 0.202 e. The third kappa shape index (κ3) is 2.53. The monoisotopic (exact) mass is 224 g/mol. The number of nitrogens with one attached hydrogen (secondary N) is 1. The summed E-state index contributed by atoms with van der Waals surface area (Å²) in [6.45, 7) is 4.76. The van der Waals surface area contributed by atoms with Crippen LogP contribution < -0.4 is 5.32 Å². The van der Waals surface area contributed by atoms with Crippen LogP contribution in [0.25, 0.3) is 0 Å². The van der Waals surface area contributed by atoms with Gasteiger partial charge in [-0.1, -0.05) is 19.0 Å². The molecule has 80 valence electrons. The minimum atomic E-state index is 0.365. The second kappa shape index (κ2) is 4.39. The quantitative estimate of drug-likeness (QED) is 0.863. The first-order valence-corrected chi connectivity index (χ1v) is 5.50. The highest BCUT2D eigenvalue weighted by Gasteiger charge is 2.07. The van der Waals surface area contributed by atoms with Gasteiger partial charge in [-0.05, 0) is 0 Å². The van der Waals surface area contributed by atoms with Crippen LogP contribution in [0.3, 0.4) is 0 Å². The van der Waals surface area contributed by atoms with Gasteiger partial charge in [-0.2, -0.15) is 4.37 Å². The molecule has 2 aromatic rings. The zero-order valence-corrected chi connectivity index (χ0v) is 9.41. The maximum atomic E-state index is 4.72. The standard InChI is InChI=1S/C9H12N4OS/c1-6(2)8-11-9(15-13-8)10-5-7-3-4-14-12-7/h3-4,6H,5H2,1-2H3,(H,10,11,13). The maximum Gasteiger partial charge on any atom is 0.202 e. The van der Waals surface area contributed by atoms with Crippen LogP contribution in [0.15, 0.2) is 16.9 Å². The molecule has 0 spiro atoms. The minimum Gasteiger partial charge on any atom is -0.364 e. The summed E-state index contributed by atoms with van der Waals surface area (Å²) in [5, 5.41) is 7.76. The van der Waals surface area contributed by atoms with Gasteiger partial charge in [0.25, 0.3) is 0 Å². The molecule has 0 aromatic carbocycles. The first-order valence-electron chi connectivity index (χ1n) is 4.72. The number of hydrogen-bond donors (Lipinski definition) is 1. The molecule has 0 aliphatic carbocycles. The van der Waals surface area contributed by atoms with Crippen LogP contribution in [0, 0.1) is 0 Å². The van der Waals surface area contributed by atoms with Crippen LogP contribution >= 0.6 is 11.5 Å². The van der Waals surface area contributed by atoms with Crippen molar-refractivity contribution in [3.8, 4) is 0 Å². The summed E-state index contributed by atoms with van der Waals surface area (Å²) in [6.07, 6.45) is 1.55. The molecule has 0 unspecified atom stereocenters. The molecule has 0 fully saturated rings. The lowest BCUT2D eigenvalue weighted by atomic mass is 10.2. The Balaban J connectivity index is 1.94. The van der Waals surface area contributed by atoms with Gasteiger partial charge in [-0.25, -0.2) is 4.98 Å². The van der Waals surface area contributed by atoms with Gasteiger partial charge in [-0.15, -0.1) is 0 Å². The molecule has 0 amide bonds. The SMILES string of the molecule is CC(C)c1nsc(NCc2ccon2)n1. The zero-order valence-electron chi connectivity index (χ0n) is 8.60. The molecule has 0 saturated carbocycles. The van der Waals surface area contributed by atoms with Crippen molar-refractivity contribution >= 4 is 16.7 Å². The Bertz CT molecular complexity index is 409. The van der Waals surface area contributed by atoms with Gasteiger partial charge < -0.3 is 9.84 Å². The van der Waals surface area contributed by atoms with E-state index in [1.54, 1.807) is 6.26 Å². The molecule has 0 bridgehead atoms. The number of aromatic nitrogens is 3. The summed E-state index contributed by atoms with van der Waals surface area (Å²) in [5.74, 6) is 1.24. The van der Waals surface area contributed by atoms with E-state index in [0.29, 0.717) is 12.5 Å². The van der Waals surface area contributed by atoms with Crippen LogP contribution in [0.1, 0.15) is 31.3 Å². The lowest BCUT2D eigenvalue weighted by molar-refractivity contribution is 0.412. The number of nitrogens with zero attached hydrogens (tertiary/aromatic N) is 3. The van der Waals surface area contributed by atoms with Gasteiger partial charge in [0, 0.05) is 23.5 Å². The van der Waals surface area contributed by atoms with E-state index in [1.807, 2.05) is 6.07 Å². The molecular weight excluding hydrogens is 212 g/mol. The van der Waals surface area contributed by atoms with Crippen molar-refractivity contribution in [2.75, 3.05) is 5.32 Å². The molecule has 6 heteroatoms. The Morgan fingerprint density at radius 3 is 3.00 bits per heavy atom. The average Bonchev–Trinajstić information content (AvgIpc) is 2.86. The zero-order chi connectivity index (χ0) is 10.7. The molecule has 0 saturated heterocycles. The molecular formula is C9H12N4OS. The number of hydrogen-bond acceptors (Lipinski definition) is 6. The summed E-state index contributed by atoms with van der Waals surface area (Å²) in [6, 6.07) is 1.82. The topological polar surface area (TPSA) is 63.8 Å². The van der Waals surface area contributed by atoms with E-state index in [2.05, 4.69) is 33.7 Å². The predicted molar refractivity (Wildman–Crippen MR) is 57.8 cm³/mol. The van der Waals surface area contributed by atoms with Crippen molar-refractivity contribution in [1.29, 1.82) is 0 Å². The van der Waals surface area contributed by atoms with Gasteiger partial charge in [0.1, 0.15) is 17.8 Å². The Morgan fingerprint density at radius 2 is 2.40 bits per heavy atom. The fraction of sp³-hybridized carbons (Fsp3) is 0.444. The summed E-state index contributed by atoms with van der Waals surface area (Å²) in [7, 11) is 0. The second-order valence-electron chi connectivity index (χ2n) is 3.46. The summed E-state index contributed by atoms with van der Waals surface area (Å²) >= 11 is 1.37. The fourth-order valence-electron chi connectivity index (χ4n) is 1.04. The molecule has 0 atom stereocenters. The van der Waals surface area contributed by atoms with E-state index in [9.17, 15) is 0 Å². The Labute approximate surface area is 91.7 Å². The lowest BCUT2D eigenvalue weighted by Crippen LogP contribution is -1.99. The maximum absolute atomic E-state index is 4.72. The Morgan fingerprint density at radius 1 is 1.53 bits per heavy atom. The Kier molecular flexibility index (Phi) is 2.96. The van der Waals surface area contributed by atoms with Gasteiger partial charge in [0.05, 0.1) is 6.54 Å². The average molecular weight is 224 g/mol. The predicted octanol–water partition coefficient (Wildman–Crippen LogP) is 2.26. The number of rotatable bonds is 4. The first kappa shape index (κ1) is 10.1. The van der Waals surface area contributed by atoms with Crippen LogP contribution in [-0.2, 0) is 6.54 Å². The van der Waals surface area contributed by atoms with E-state index in [4.69, 9.17) is 4.52 Å². The van der Waals surface area contributed by atoms with Crippen molar-refractivity contribution in [3.05, 3.63) is 23.8 Å². The molecule has 5 nitrogen and oxygen atoms in total. The van der Waals surface area contributed by atoms with Crippen LogP contribution in [0.2, 0.25) is 0 Å². The highest BCUT2D eigenvalue weighted by Crippen LogP contribution is 2.17. The largest absolute Gasteiger partial charge is 0.364 e. The molecule has 0 radical (unpaired) electrons. The van der Waals surface area contributed by atoms with Crippen molar-refractivity contribution in [2.24, 2.45) is 0 Å². The Hall–Kier alpha value is -1.43. The van der Waals surface area contributed by atoms with E-state index in [-0.39, 0.29) is 0 Å². The highest BCUT2D eigenvalue weighted by molar-refractivity contribution is 7.09. The van der Waals surface area contributed by atoms with E-state index in [1.165, 1.54) is 11.5 Å². The molecule has 1 N–H and O–H groups in total. The van der Waals surface area contributed by atoms with Crippen molar-refractivity contribution in [1.82, 2.24) is 14.5 Å². The third-order valence-electron chi connectivity index (χ3n) is 1.87. The normalized spacial score (nSPS) is 10.9. The van der Waals surface area contributed by atoms with E-state index >= 15 is 0 Å². The van der Waals surface area contributed by atoms with Crippen LogP contribution in [0.4, 0.5) is 5.13 Å². The van der Waals surface area contributed by atoms with Crippen molar-refractivity contribution in [2.45, 2.75) is 26.3 Å². The molecule has 0 aliphatic rings. The second-order valence-corrected chi connectivity index (χ2v) is 4.21. The molecule has 2 heterocycles. The highest BCUT2D eigenvalue weighted by atomic mass is 32.1. The van der Waals surface area contributed by atoms with Crippen molar-refractivity contribution in [3.63, 3.8) is 0 Å². The van der Waals surface area contributed by atoms with Gasteiger partial charge in [0.15, 0.2) is 0 Å². The minimum absolute atomic E-state index is 0.365. The van der Waals surface area contributed by atoms with Gasteiger partial charge in [0.2, 0.25) is 5.13 Å². The fourth-order valence-corrected chi connectivity index (χ4v) is 1.74. The summed E-state index contributed by atoms with van der Waals surface area (Å²) in [4.78, 5) is 4.35. The first-order chi connectivity index (χ1) is 7.25. The lowest BCUT2D eigenvalue weighted by Gasteiger charge is -1.97. The van der Waals surface area contributed by atoms with Crippen LogP contribution in [0.5, 0.6) is 0 Å². The summed E-state index contributed by atoms with van der Waals surface area (Å²) in [5.41, 5.74) is 0.858. The molecule has 2 aromatic heterocycles. The van der Waals surface area contributed by atoms with E-state index in [0.717, 1.165) is 16.6 Å². The third-order valence-corrected chi connectivity index (χ3v) is 2.56. The van der Waals surface area contributed by atoms with Crippen molar-refractivity contribution < 1.29 is 4.52 Å². The molecule has 15 heavy (non-hydrogen) atoms. The van der Waals surface area contributed by atoms with Crippen LogP contribution in [-0.4, -0.2) is 14.5 Å². The van der Waals surface area contributed by atoms with E-state index < -0.39 is 0 Å². The number of anilines is 1.